The van der Waals surface area contributed by atoms with Gasteiger partial charge in [-0.25, -0.2) is 4.39 Å². The Morgan fingerprint density at radius 2 is 1.74 bits per heavy atom. The first-order valence-corrected chi connectivity index (χ1v) is 12.4. The number of nitrogens with one attached hydrogen (secondary N) is 1. The zero-order valence-electron chi connectivity index (χ0n) is 19.4. The molecular formula is C25H29FN4O3S. The summed E-state index contributed by atoms with van der Waals surface area (Å²) in [4.78, 5) is 12.9. The van der Waals surface area contributed by atoms with E-state index in [1.165, 1.54) is 58.5 Å². The first kappa shape index (κ1) is 24.1. The van der Waals surface area contributed by atoms with E-state index < -0.39 is 0 Å². The molecule has 180 valence electrons. The highest BCUT2D eigenvalue weighted by Gasteiger charge is 2.19. The lowest BCUT2D eigenvalue weighted by atomic mass is 9.91. The molecule has 0 saturated heterocycles. The average molecular weight is 485 g/mol. The second kappa shape index (κ2) is 11.4. The van der Waals surface area contributed by atoms with E-state index in [1.54, 1.807) is 42.1 Å². The van der Waals surface area contributed by atoms with Gasteiger partial charge in [-0.3, -0.25) is 9.36 Å². The Bertz CT molecular complexity index is 1090. The fourth-order valence-corrected chi connectivity index (χ4v) is 5.26. The standard InChI is InChI=1S/C25H29FN4O3S/c1-32-21-12-18(13-22(14-21)33-2)24(31)27-15-23-28-29-25(34-16-17-6-4-3-5-7-17)30(23)20-10-8-19(26)9-11-20/h8-14,17H,3-7,15-16H2,1-2H3,(H,27,31). The number of thioether (sulfide) groups is 1. The third-order valence-electron chi connectivity index (χ3n) is 5.98. The number of nitrogens with zero attached hydrogens (tertiary/aromatic N) is 3. The van der Waals surface area contributed by atoms with Gasteiger partial charge in [0.05, 0.1) is 20.8 Å². The van der Waals surface area contributed by atoms with Crippen molar-refractivity contribution in [2.24, 2.45) is 5.92 Å². The summed E-state index contributed by atoms with van der Waals surface area (Å²) in [5.41, 5.74) is 1.17. The molecule has 9 heteroatoms. The molecule has 1 fully saturated rings. The molecule has 1 aliphatic carbocycles. The summed E-state index contributed by atoms with van der Waals surface area (Å²) in [5, 5.41) is 12.4. The lowest BCUT2D eigenvalue weighted by Gasteiger charge is -2.20. The summed E-state index contributed by atoms with van der Waals surface area (Å²) in [5.74, 6) is 2.66. The number of ether oxygens (including phenoxy) is 2. The normalized spacial score (nSPS) is 14.1. The van der Waals surface area contributed by atoms with Crippen LogP contribution in [0.5, 0.6) is 11.5 Å². The number of hydrogen-bond acceptors (Lipinski definition) is 6. The minimum Gasteiger partial charge on any atom is -0.497 e. The summed E-state index contributed by atoms with van der Waals surface area (Å²) in [6.45, 7) is 0.159. The van der Waals surface area contributed by atoms with Gasteiger partial charge in [0.15, 0.2) is 11.0 Å². The van der Waals surface area contributed by atoms with E-state index in [9.17, 15) is 9.18 Å². The monoisotopic (exact) mass is 484 g/mol. The Kier molecular flexibility index (Phi) is 8.05. The molecule has 2 aromatic carbocycles. The number of aromatic nitrogens is 3. The van der Waals surface area contributed by atoms with Gasteiger partial charge in [0.1, 0.15) is 17.3 Å². The van der Waals surface area contributed by atoms with Gasteiger partial charge in [0.2, 0.25) is 0 Å². The summed E-state index contributed by atoms with van der Waals surface area (Å²) in [6, 6.07) is 11.2. The van der Waals surface area contributed by atoms with Crippen LogP contribution in [0.1, 0.15) is 48.3 Å². The molecule has 0 aliphatic heterocycles. The summed E-state index contributed by atoms with van der Waals surface area (Å²) >= 11 is 1.66. The van der Waals surface area contributed by atoms with Crippen LogP contribution in [-0.2, 0) is 6.54 Å². The fourth-order valence-electron chi connectivity index (χ4n) is 4.10. The van der Waals surface area contributed by atoms with Crippen molar-refractivity contribution in [3.05, 3.63) is 59.7 Å². The van der Waals surface area contributed by atoms with Gasteiger partial charge in [-0.05, 0) is 55.2 Å². The molecular weight excluding hydrogens is 455 g/mol. The average Bonchev–Trinajstić information content (AvgIpc) is 3.29. The molecule has 0 unspecified atom stereocenters. The topological polar surface area (TPSA) is 78.3 Å². The van der Waals surface area contributed by atoms with Gasteiger partial charge in [-0.15, -0.1) is 10.2 Å². The Balaban J connectivity index is 1.53. The maximum absolute atomic E-state index is 13.6. The number of carbonyl (C=O) groups is 1. The van der Waals surface area contributed by atoms with Crippen LogP contribution in [-0.4, -0.2) is 40.6 Å². The molecule has 1 amide bonds. The van der Waals surface area contributed by atoms with Gasteiger partial charge in [0.25, 0.3) is 5.91 Å². The molecule has 0 bridgehead atoms. The minimum atomic E-state index is -0.310. The van der Waals surface area contributed by atoms with E-state index in [-0.39, 0.29) is 18.3 Å². The SMILES string of the molecule is COc1cc(OC)cc(C(=O)NCc2nnc(SCC3CCCCC3)n2-c2ccc(F)cc2)c1. The predicted molar refractivity (Wildman–Crippen MR) is 129 cm³/mol. The van der Waals surface area contributed by atoms with Gasteiger partial charge < -0.3 is 14.8 Å². The van der Waals surface area contributed by atoms with Crippen molar-refractivity contribution in [1.29, 1.82) is 0 Å². The van der Waals surface area contributed by atoms with Crippen molar-refractivity contribution in [2.45, 2.75) is 43.8 Å². The van der Waals surface area contributed by atoms with Gasteiger partial charge >= 0.3 is 0 Å². The van der Waals surface area contributed by atoms with E-state index in [0.29, 0.717) is 28.8 Å². The molecule has 7 nitrogen and oxygen atoms in total. The Morgan fingerprint density at radius 3 is 2.38 bits per heavy atom. The molecule has 0 spiro atoms. The molecule has 34 heavy (non-hydrogen) atoms. The maximum Gasteiger partial charge on any atom is 0.251 e. The highest BCUT2D eigenvalue weighted by molar-refractivity contribution is 7.99. The second-order valence-corrected chi connectivity index (χ2v) is 9.30. The number of methoxy groups -OCH3 is 2. The van der Waals surface area contributed by atoms with E-state index >= 15 is 0 Å². The van der Waals surface area contributed by atoms with E-state index in [4.69, 9.17) is 9.47 Å². The molecule has 1 N–H and O–H groups in total. The maximum atomic E-state index is 13.6. The van der Waals surface area contributed by atoms with Crippen LogP contribution in [0, 0.1) is 11.7 Å². The van der Waals surface area contributed by atoms with E-state index in [2.05, 4.69) is 15.5 Å². The summed E-state index contributed by atoms with van der Waals surface area (Å²) in [7, 11) is 3.07. The number of carbonyl (C=O) groups excluding carboxylic acids is 1. The van der Waals surface area contributed by atoms with Gasteiger partial charge in [0, 0.05) is 23.1 Å². The Morgan fingerprint density at radius 1 is 1.06 bits per heavy atom. The lowest BCUT2D eigenvalue weighted by molar-refractivity contribution is 0.0949. The van der Waals surface area contributed by atoms with Crippen molar-refractivity contribution < 1.29 is 18.7 Å². The minimum absolute atomic E-state index is 0.159. The smallest absolute Gasteiger partial charge is 0.251 e. The third-order valence-corrected chi connectivity index (χ3v) is 7.14. The second-order valence-electron chi connectivity index (χ2n) is 8.31. The van der Waals surface area contributed by atoms with Crippen molar-refractivity contribution in [3.8, 4) is 17.2 Å². The van der Waals surface area contributed by atoms with Crippen LogP contribution in [0.15, 0.2) is 47.6 Å². The Labute approximate surface area is 203 Å². The fraction of sp³-hybridized carbons (Fsp3) is 0.400. The highest BCUT2D eigenvalue weighted by Crippen LogP contribution is 2.31. The van der Waals surface area contributed by atoms with Crippen molar-refractivity contribution in [2.75, 3.05) is 20.0 Å². The van der Waals surface area contributed by atoms with Crippen LogP contribution >= 0.6 is 11.8 Å². The van der Waals surface area contributed by atoms with Crippen LogP contribution in [0.4, 0.5) is 4.39 Å². The number of amides is 1. The first-order valence-electron chi connectivity index (χ1n) is 11.4. The van der Waals surface area contributed by atoms with Crippen LogP contribution in [0.25, 0.3) is 5.69 Å². The number of halogens is 1. The first-order chi connectivity index (χ1) is 16.6. The molecule has 3 aromatic rings. The molecule has 1 saturated carbocycles. The number of hydrogen-bond donors (Lipinski definition) is 1. The van der Waals surface area contributed by atoms with Crippen molar-refractivity contribution in [3.63, 3.8) is 0 Å². The molecule has 1 aromatic heterocycles. The molecule has 1 aliphatic rings. The van der Waals surface area contributed by atoms with Crippen molar-refractivity contribution >= 4 is 17.7 Å². The van der Waals surface area contributed by atoms with Crippen LogP contribution in [0.2, 0.25) is 0 Å². The lowest BCUT2D eigenvalue weighted by Crippen LogP contribution is -2.24. The number of rotatable bonds is 9. The third kappa shape index (κ3) is 5.88. The quantitative estimate of drug-likeness (QED) is 0.430. The van der Waals surface area contributed by atoms with Crippen molar-refractivity contribution in [1.82, 2.24) is 20.1 Å². The van der Waals surface area contributed by atoms with Gasteiger partial charge in [-0.1, -0.05) is 31.0 Å². The zero-order chi connectivity index (χ0) is 23.9. The Hall–Kier alpha value is -3.07. The largest absolute Gasteiger partial charge is 0.497 e. The molecule has 0 radical (unpaired) electrons. The zero-order valence-corrected chi connectivity index (χ0v) is 20.2. The molecule has 0 atom stereocenters. The van der Waals surface area contributed by atoms with E-state index in [0.717, 1.165) is 16.6 Å². The van der Waals surface area contributed by atoms with Crippen LogP contribution < -0.4 is 14.8 Å². The summed E-state index contributed by atoms with van der Waals surface area (Å²) < 4.78 is 26.0. The van der Waals surface area contributed by atoms with Gasteiger partial charge in [-0.2, -0.15) is 0 Å². The summed E-state index contributed by atoms with van der Waals surface area (Å²) in [6.07, 6.45) is 6.36. The highest BCUT2D eigenvalue weighted by atomic mass is 32.2. The van der Waals surface area contributed by atoms with Crippen LogP contribution in [0.3, 0.4) is 0 Å². The number of benzene rings is 2. The molecule has 1 heterocycles. The molecule has 4 rings (SSSR count). The van der Waals surface area contributed by atoms with E-state index in [1.807, 2.05) is 4.57 Å². The predicted octanol–water partition coefficient (Wildman–Crippen LogP) is 5.03.